The number of ketones is 1. The summed E-state index contributed by atoms with van der Waals surface area (Å²) >= 11 is 11.3. The predicted molar refractivity (Wildman–Crippen MR) is 59.4 cm³/mol. The minimum Gasteiger partial charge on any atom is -0.311 e. The highest BCUT2D eigenvalue weighted by atomic mass is 35.5. The fraction of sp³-hybridized carbons (Fsp3) is 0.300. The van der Waals surface area contributed by atoms with Gasteiger partial charge in [-0.3, -0.25) is 4.79 Å². The summed E-state index contributed by atoms with van der Waals surface area (Å²) in [5, 5.41) is -0.240. The van der Waals surface area contributed by atoms with Crippen LogP contribution in [-0.4, -0.2) is 17.5 Å². The lowest BCUT2D eigenvalue weighted by Crippen LogP contribution is -2.57. The van der Waals surface area contributed by atoms with Crippen molar-refractivity contribution >= 4 is 29.0 Å². The summed E-state index contributed by atoms with van der Waals surface area (Å²) in [4.78, 5) is 11.7. The Balaban J connectivity index is 3.27. The van der Waals surface area contributed by atoms with Crippen molar-refractivity contribution in [3.63, 3.8) is 0 Å². The van der Waals surface area contributed by atoms with Crippen LogP contribution in [0.2, 0.25) is 10.0 Å². The van der Waals surface area contributed by atoms with Crippen molar-refractivity contribution < 1.29 is 18.0 Å². The van der Waals surface area contributed by atoms with Crippen molar-refractivity contribution in [2.45, 2.75) is 18.6 Å². The minimum absolute atomic E-state index is 0.00417. The Labute approximate surface area is 105 Å². The van der Waals surface area contributed by atoms with E-state index in [0.29, 0.717) is 6.92 Å². The molecule has 1 aromatic rings. The van der Waals surface area contributed by atoms with E-state index in [4.69, 9.17) is 28.9 Å². The Hall–Kier alpha value is -0.780. The van der Waals surface area contributed by atoms with Gasteiger partial charge in [0.1, 0.15) is 0 Å². The number of hydrogen-bond donors (Lipinski definition) is 1. The highest BCUT2D eigenvalue weighted by molar-refractivity contribution is 6.44. The maximum Gasteiger partial charge on any atom is 0.413 e. The highest BCUT2D eigenvalue weighted by Gasteiger charge is 2.54. The number of carbonyl (C=O) groups is 1. The Bertz CT molecular complexity index is 457. The van der Waals surface area contributed by atoms with Crippen molar-refractivity contribution in [2.75, 3.05) is 0 Å². The van der Waals surface area contributed by atoms with Crippen molar-refractivity contribution in [3.8, 4) is 0 Å². The summed E-state index contributed by atoms with van der Waals surface area (Å²) in [6.45, 7) is 0.590. The van der Waals surface area contributed by atoms with Crippen LogP contribution in [0.15, 0.2) is 18.2 Å². The van der Waals surface area contributed by atoms with Crippen LogP contribution < -0.4 is 5.73 Å². The van der Waals surface area contributed by atoms with Gasteiger partial charge in [0.2, 0.25) is 0 Å². The first kappa shape index (κ1) is 14.3. The van der Waals surface area contributed by atoms with Gasteiger partial charge in [-0.25, -0.2) is 0 Å². The van der Waals surface area contributed by atoms with E-state index in [1.54, 1.807) is 0 Å². The third kappa shape index (κ3) is 2.56. The first-order chi connectivity index (χ1) is 7.59. The average Bonchev–Trinajstić information content (AvgIpc) is 2.19. The molecular weight excluding hydrogens is 278 g/mol. The molecule has 2 N–H and O–H groups in total. The summed E-state index contributed by atoms with van der Waals surface area (Å²) in [6, 6.07) is 3.84. The largest absolute Gasteiger partial charge is 0.413 e. The molecule has 0 amide bonds. The fourth-order valence-corrected chi connectivity index (χ4v) is 1.47. The molecule has 17 heavy (non-hydrogen) atoms. The van der Waals surface area contributed by atoms with Gasteiger partial charge in [-0.1, -0.05) is 29.3 Å². The third-order valence-electron chi connectivity index (χ3n) is 2.26. The Morgan fingerprint density at radius 1 is 1.29 bits per heavy atom. The molecule has 0 fully saturated rings. The van der Waals surface area contributed by atoms with Gasteiger partial charge in [0.15, 0.2) is 11.3 Å². The summed E-state index contributed by atoms with van der Waals surface area (Å²) < 4.78 is 37.7. The van der Waals surface area contributed by atoms with Gasteiger partial charge >= 0.3 is 6.18 Å². The predicted octanol–water partition coefficient (Wildman–Crippen LogP) is 3.46. The zero-order valence-corrected chi connectivity index (χ0v) is 10.1. The lowest BCUT2D eigenvalue weighted by atomic mass is 9.91. The zero-order valence-electron chi connectivity index (χ0n) is 8.61. The summed E-state index contributed by atoms with van der Waals surface area (Å²) in [5.74, 6) is -1.32. The molecule has 2 nitrogen and oxygen atoms in total. The second-order valence-corrected chi connectivity index (χ2v) is 4.42. The molecule has 94 valence electrons. The molecule has 0 saturated heterocycles. The summed E-state index contributed by atoms with van der Waals surface area (Å²) in [6.07, 6.45) is -4.87. The number of Topliss-reactive ketones (excluding diaryl/α,β-unsaturated/α-hetero) is 1. The highest BCUT2D eigenvalue weighted by Crippen LogP contribution is 2.34. The molecular formula is C10H8Cl2F3NO. The van der Waals surface area contributed by atoms with E-state index in [2.05, 4.69) is 0 Å². The first-order valence-corrected chi connectivity index (χ1v) is 5.19. The van der Waals surface area contributed by atoms with Crippen LogP contribution in [0.5, 0.6) is 0 Å². The second kappa shape index (κ2) is 4.48. The molecule has 0 saturated carbocycles. The molecule has 1 rings (SSSR count). The number of nitrogens with two attached hydrogens (primary N) is 1. The lowest BCUT2D eigenvalue weighted by molar-refractivity contribution is -0.165. The van der Waals surface area contributed by atoms with Crippen molar-refractivity contribution in [1.29, 1.82) is 0 Å². The van der Waals surface area contributed by atoms with E-state index in [-0.39, 0.29) is 15.6 Å². The second-order valence-electron chi connectivity index (χ2n) is 3.63. The number of carbonyl (C=O) groups excluding carboxylic acids is 1. The molecule has 0 aliphatic heterocycles. The maximum absolute atomic E-state index is 12.6. The van der Waals surface area contributed by atoms with E-state index in [0.717, 1.165) is 6.07 Å². The van der Waals surface area contributed by atoms with Crippen LogP contribution in [-0.2, 0) is 0 Å². The van der Waals surface area contributed by atoms with Crippen molar-refractivity contribution in [3.05, 3.63) is 33.8 Å². The molecule has 0 aliphatic rings. The van der Waals surface area contributed by atoms with Crippen molar-refractivity contribution in [1.82, 2.24) is 0 Å². The first-order valence-electron chi connectivity index (χ1n) is 4.43. The van der Waals surface area contributed by atoms with Crippen LogP contribution in [0.4, 0.5) is 13.2 Å². The number of halogens is 5. The molecule has 0 heterocycles. The summed E-state index contributed by atoms with van der Waals surface area (Å²) in [7, 11) is 0. The van der Waals surface area contributed by atoms with Crippen LogP contribution >= 0.6 is 23.2 Å². The molecule has 1 atom stereocenters. The third-order valence-corrected chi connectivity index (χ3v) is 3.08. The molecule has 0 spiro atoms. The molecule has 1 unspecified atom stereocenters. The average molecular weight is 286 g/mol. The van der Waals surface area contributed by atoms with Crippen LogP contribution in [0.1, 0.15) is 17.3 Å². The van der Waals surface area contributed by atoms with Crippen LogP contribution in [0.25, 0.3) is 0 Å². The monoisotopic (exact) mass is 285 g/mol. The van der Waals surface area contributed by atoms with E-state index < -0.39 is 17.5 Å². The molecule has 0 aromatic heterocycles. The fourth-order valence-electron chi connectivity index (χ4n) is 1.09. The standard InChI is InChI=1S/C10H8Cl2F3NO/c1-9(16,10(13,14)15)8(17)5-3-2-4-6(11)7(5)12/h2-4H,16H2,1H3. The minimum atomic E-state index is -4.87. The lowest BCUT2D eigenvalue weighted by Gasteiger charge is -2.26. The van der Waals surface area contributed by atoms with E-state index in [1.165, 1.54) is 12.1 Å². The Kier molecular flexibility index (Phi) is 3.76. The topological polar surface area (TPSA) is 43.1 Å². The van der Waals surface area contributed by atoms with Gasteiger partial charge < -0.3 is 5.73 Å². The summed E-state index contributed by atoms with van der Waals surface area (Å²) in [5.41, 5.74) is 1.67. The molecule has 1 aromatic carbocycles. The molecule has 0 radical (unpaired) electrons. The van der Waals surface area contributed by atoms with E-state index >= 15 is 0 Å². The normalized spacial score (nSPS) is 15.5. The smallest absolute Gasteiger partial charge is 0.311 e. The zero-order chi connectivity index (χ0) is 13.4. The Morgan fingerprint density at radius 3 is 2.29 bits per heavy atom. The number of hydrogen-bond acceptors (Lipinski definition) is 2. The number of benzene rings is 1. The van der Waals surface area contributed by atoms with Gasteiger partial charge in [0, 0.05) is 5.56 Å². The van der Waals surface area contributed by atoms with Gasteiger partial charge in [-0.05, 0) is 19.1 Å². The molecule has 7 heteroatoms. The van der Waals surface area contributed by atoms with Crippen molar-refractivity contribution in [2.24, 2.45) is 5.73 Å². The molecule has 0 bridgehead atoms. The quantitative estimate of drug-likeness (QED) is 0.846. The van der Waals surface area contributed by atoms with Crippen LogP contribution in [0.3, 0.4) is 0 Å². The van der Waals surface area contributed by atoms with E-state index in [9.17, 15) is 18.0 Å². The SMILES string of the molecule is CC(N)(C(=O)c1cccc(Cl)c1Cl)C(F)(F)F. The molecule has 0 aliphatic carbocycles. The maximum atomic E-state index is 12.6. The van der Waals surface area contributed by atoms with Gasteiger partial charge in [0.25, 0.3) is 0 Å². The van der Waals surface area contributed by atoms with Gasteiger partial charge in [-0.15, -0.1) is 0 Å². The van der Waals surface area contributed by atoms with Gasteiger partial charge in [0.05, 0.1) is 10.0 Å². The number of rotatable bonds is 2. The number of alkyl halides is 3. The Morgan fingerprint density at radius 2 is 1.82 bits per heavy atom. The van der Waals surface area contributed by atoms with E-state index in [1.807, 2.05) is 0 Å². The van der Waals surface area contributed by atoms with Crippen LogP contribution in [0, 0.1) is 0 Å². The van der Waals surface area contributed by atoms with Gasteiger partial charge in [-0.2, -0.15) is 13.2 Å².